The third kappa shape index (κ3) is 3.38. The van der Waals surface area contributed by atoms with Crippen molar-refractivity contribution in [2.75, 3.05) is 31.2 Å². The highest BCUT2D eigenvalue weighted by molar-refractivity contribution is 6.31. The Bertz CT molecular complexity index is 550. The Morgan fingerprint density at radius 2 is 1.96 bits per heavy atom. The summed E-state index contributed by atoms with van der Waals surface area (Å²) in [5.41, 5.74) is 1.71. The fourth-order valence-corrected chi connectivity index (χ4v) is 3.97. The van der Waals surface area contributed by atoms with Crippen LogP contribution in [0.5, 0.6) is 0 Å². The summed E-state index contributed by atoms with van der Waals surface area (Å²) in [7, 11) is 0. The molecule has 1 aromatic carbocycles. The normalized spacial score (nSPS) is 21.7. The van der Waals surface area contributed by atoms with Gasteiger partial charge in [0.25, 0.3) is 0 Å². The zero-order chi connectivity index (χ0) is 16.5. The van der Waals surface area contributed by atoms with Crippen LogP contribution in [0.4, 0.5) is 5.69 Å². The number of ether oxygens (including phenoxy) is 1. The second-order valence-electron chi connectivity index (χ2n) is 7.39. The molecule has 4 heteroatoms. The van der Waals surface area contributed by atoms with Gasteiger partial charge in [-0.3, -0.25) is 0 Å². The van der Waals surface area contributed by atoms with Crippen molar-refractivity contribution < 1.29 is 9.84 Å². The van der Waals surface area contributed by atoms with Crippen molar-refractivity contribution in [1.82, 2.24) is 0 Å². The van der Waals surface area contributed by atoms with Gasteiger partial charge >= 0.3 is 0 Å². The van der Waals surface area contributed by atoms with Gasteiger partial charge in [0.1, 0.15) is 0 Å². The first-order valence-corrected chi connectivity index (χ1v) is 9.24. The maximum atomic E-state index is 11.1. The van der Waals surface area contributed by atoms with Crippen molar-refractivity contribution in [2.24, 2.45) is 5.41 Å². The molecule has 1 aromatic rings. The third-order valence-corrected chi connectivity index (χ3v) is 5.65. The molecule has 0 amide bonds. The van der Waals surface area contributed by atoms with E-state index in [1.165, 1.54) is 6.42 Å². The number of hydrogen-bond donors (Lipinski definition) is 1. The monoisotopic (exact) mass is 337 g/mol. The van der Waals surface area contributed by atoms with Crippen LogP contribution in [0, 0.1) is 5.41 Å². The van der Waals surface area contributed by atoms with Crippen molar-refractivity contribution in [3.63, 3.8) is 0 Å². The molecule has 23 heavy (non-hydrogen) atoms. The summed E-state index contributed by atoms with van der Waals surface area (Å²) in [4.78, 5) is 2.35. The molecule has 1 unspecified atom stereocenters. The minimum atomic E-state index is -0.767. The van der Waals surface area contributed by atoms with Gasteiger partial charge in [-0.25, -0.2) is 0 Å². The molecule has 0 aliphatic carbocycles. The number of aliphatic hydroxyl groups is 1. The Hall–Kier alpha value is -0.770. The SMILES string of the molecule is CCCCCC(O)(CC)c1cc(Cl)cc(N2CC3(COC3)C2)c1. The molecule has 2 aliphatic rings. The summed E-state index contributed by atoms with van der Waals surface area (Å²) in [6.07, 6.45) is 4.89. The van der Waals surface area contributed by atoms with Gasteiger partial charge in [0.15, 0.2) is 0 Å². The quantitative estimate of drug-likeness (QED) is 0.750. The van der Waals surface area contributed by atoms with Crippen LogP contribution in [0.3, 0.4) is 0 Å². The fourth-order valence-electron chi connectivity index (χ4n) is 3.74. The Morgan fingerprint density at radius 1 is 1.22 bits per heavy atom. The second kappa shape index (κ2) is 6.62. The van der Waals surface area contributed by atoms with Gasteiger partial charge < -0.3 is 14.7 Å². The minimum Gasteiger partial charge on any atom is -0.385 e. The number of nitrogens with zero attached hydrogens (tertiary/aromatic N) is 1. The predicted molar refractivity (Wildman–Crippen MR) is 95.2 cm³/mol. The largest absolute Gasteiger partial charge is 0.385 e. The Balaban J connectivity index is 1.76. The van der Waals surface area contributed by atoms with E-state index in [0.717, 1.165) is 56.8 Å². The number of hydrogen-bond acceptors (Lipinski definition) is 3. The molecular weight excluding hydrogens is 310 g/mol. The Morgan fingerprint density at radius 3 is 2.52 bits per heavy atom. The van der Waals surface area contributed by atoms with Crippen LogP contribution < -0.4 is 4.90 Å². The molecule has 2 fully saturated rings. The minimum absolute atomic E-state index is 0.380. The molecule has 3 nitrogen and oxygen atoms in total. The summed E-state index contributed by atoms with van der Waals surface area (Å²) in [5.74, 6) is 0. The highest BCUT2D eigenvalue weighted by Gasteiger charge is 2.49. The molecule has 0 aromatic heterocycles. The van der Waals surface area contributed by atoms with E-state index in [9.17, 15) is 5.11 Å². The molecule has 2 heterocycles. The number of halogens is 1. The summed E-state index contributed by atoms with van der Waals surface area (Å²) in [5, 5.41) is 11.8. The topological polar surface area (TPSA) is 32.7 Å². The molecule has 2 saturated heterocycles. The fraction of sp³-hybridized carbons (Fsp3) is 0.684. The van der Waals surface area contributed by atoms with Crippen LogP contribution in [0.25, 0.3) is 0 Å². The maximum Gasteiger partial charge on any atom is 0.0895 e. The van der Waals surface area contributed by atoms with Crippen LogP contribution in [-0.4, -0.2) is 31.4 Å². The number of benzene rings is 1. The molecule has 0 saturated carbocycles. The predicted octanol–water partition coefficient (Wildman–Crippen LogP) is 4.35. The van der Waals surface area contributed by atoms with E-state index in [4.69, 9.17) is 16.3 Å². The third-order valence-electron chi connectivity index (χ3n) is 5.43. The molecule has 1 atom stereocenters. The van der Waals surface area contributed by atoms with E-state index in [1.54, 1.807) is 0 Å². The van der Waals surface area contributed by atoms with E-state index >= 15 is 0 Å². The van der Waals surface area contributed by atoms with E-state index < -0.39 is 5.60 Å². The van der Waals surface area contributed by atoms with Gasteiger partial charge in [0, 0.05) is 23.8 Å². The molecule has 0 radical (unpaired) electrons. The maximum absolute atomic E-state index is 11.1. The number of rotatable bonds is 7. The first kappa shape index (κ1) is 17.1. The van der Waals surface area contributed by atoms with Crippen molar-refractivity contribution >= 4 is 17.3 Å². The standard InChI is InChI=1S/C19H28ClNO2/c1-3-5-6-7-19(22,4-2)15-8-16(20)10-17(9-15)21-11-18(12-21)13-23-14-18/h8-10,22H,3-7,11-14H2,1-2H3. The molecule has 128 valence electrons. The molecular formula is C19H28ClNO2. The zero-order valence-electron chi connectivity index (χ0n) is 14.3. The van der Waals surface area contributed by atoms with E-state index in [2.05, 4.69) is 24.8 Å². The summed E-state index contributed by atoms with van der Waals surface area (Å²) in [6, 6.07) is 6.08. The zero-order valence-corrected chi connectivity index (χ0v) is 15.0. The smallest absolute Gasteiger partial charge is 0.0895 e. The highest BCUT2D eigenvalue weighted by atomic mass is 35.5. The van der Waals surface area contributed by atoms with Crippen molar-refractivity contribution in [3.8, 4) is 0 Å². The van der Waals surface area contributed by atoms with Gasteiger partial charge in [-0.15, -0.1) is 0 Å². The van der Waals surface area contributed by atoms with E-state index in [1.807, 2.05) is 12.1 Å². The Kier molecular flexibility index (Phi) is 4.91. The molecule has 3 rings (SSSR count). The molecule has 1 spiro atoms. The lowest BCUT2D eigenvalue weighted by atomic mass is 9.77. The lowest BCUT2D eigenvalue weighted by Gasteiger charge is -2.56. The van der Waals surface area contributed by atoms with Crippen molar-refractivity contribution in [1.29, 1.82) is 0 Å². The van der Waals surface area contributed by atoms with Gasteiger partial charge in [-0.2, -0.15) is 0 Å². The van der Waals surface area contributed by atoms with Crippen LogP contribution >= 0.6 is 11.6 Å². The summed E-state index contributed by atoms with van der Waals surface area (Å²) >= 11 is 6.36. The first-order chi connectivity index (χ1) is 11.0. The van der Waals surface area contributed by atoms with Crippen molar-refractivity contribution in [3.05, 3.63) is 28.8 Å². The van der Waals surface area contributed by atoms with Crippen LogP contribution in [0.15, 0.2) is 18.2 Å². The average molecular weight is 338 g/mol. The lowest BCUT2D eigenvalue weighted by Crippen LogP contribution is -2.66. The van der Waals surface area contributed by atoms with E-state index in [-0.39, 0.29) is 0 Å². The Labute approximate surface area is 144 Å². The van der Waals surface area contributed by atoms with E-state index in [0.29, 0.717) is 16.9 Å². The second-order valence-corrected chi connectivity index (χ2v) is 7.83. The van der Waals surface area contributed by atoms with Crippen molar-refractivity contribution in [2.45, 2.75) is 51.6 Å². The van der Waals surface area contributed by atoms with Gasteiger partial charge in [0.2, 0.25) is 0 Å². The summed E-state index contributed by atoms with van der Waals surface area (Å²) in [6.45, 7) is 8.07. The summed E-state index contributed by atoms with van der Waals surface area (Å²) < 4.78 is 5.35. The molecule has 1 N–H and O–H groups in total. The number of anilines is 1. The van der Waals surface area contributed by atoms with Gasteiger partial charge in [-0.05, 0) is 36.6 Å². The molecule has 2 aliphatic heterocycles. The average Bonchev–Trinajstić information content (AvgIpc) is 2.44. The van der Waals surface area contributed by atoms with Crippen LogP contribution in [0.1, 0.15) is 51.5 Å². The lowest BCUT2D eigenvalue weighted by molar-refractivity contribution is -0.127. The van der Waals surface area contributed by atoms with Gasteiger partial charge in [0.05, 0.1) is 24.2 Å². The van der Waals surface area contributed by atoms with Crippen LogP contribution in [-0.2, 0) is 10.3 Å². The first-order valence-electron chi connectivity index (χ1n) is 8.86. The van der Waals surface area contributed by atoms with Crippen LogP contribution in [0.2, 0.25) is 5.02 Å². The molecule has 0 bridgehead atoms. The number of unbranched alkanes of at least 4 members (excludes halogenated alkanes) is 2. The highest BCUT2D eigenvalue weighted by Crippen LogP contribution is 2.42. The van der Waals surface area contributed by atoms with Gasteiger partial charge in [-0.1, -0.05) is 44.7 Å².